The second-order valence-electron chi connectivity index (χ2n) is 18.0. The molecule has 318 valence electrons. The maximum absolute atomic E-state index is 2.62. The number of allylic oxidation sites excluding steroid dienone is 4. The molecular weight excluding hydrogens is 799 g/mol. The van der Waals surface area contributed by atoms with Gasteiger partial charge in [-0.2, -0.15) is 0 Å². The molecular formula is C63H51N3. The Bertz CT molecular complexity index is 3520. The van der Waals surface area contributed by atoms with Crippen LogP contribution in [0.4, 0.5) is 17.1 Å². The number of rotatable bonds is 11. The first-order chi connectivity index (χ1) is 32.7. The zero-order valence-corrected chi connectivity index (χ0v) is 37.0. The van der Waals surface area contributed by atoms with Crippen molar-refractivity contribution >= 4 is 61.9 Å². The molecule has 3 heteroatoms. The number of anilines is 3. The second kappa shape index (κ2) is 17.3. The Morgan fingerprint density at radius 2 is 1.08 bits per heavy atom. The van der Waals surface area contributed by atoms with Gasteiger partial charge in [0.1, 0.15) is 0 Å². The van der Waals surface area contributed by atoms with E-state index in [2.05, 4.69) is 257 Å². The minimum absolute atomic E-state index is 0.345. The molecule has 2 aromatic heterocycles. The van der Waals surface area contributed by atoms with Crippen LogP contribution in [0.25, 0.3) is 61.7 Å². The topological polar surface area (TPSA) is 13.1 Å². The molecule has 66 heavy (non-hydrogen) atoms. The van der Waals surface area contributed by atoms with Crippen LogP contribution in [0.5, 0.6) is 0 Å². The van der Waals surface area contributed by atoms with Gasteiger partial charge in [-0.05, 0) is 127 Å². The van der Waals surface area contributed by atoms with Gasteiger partial charge in [0.15, 0.2) is 0 Å². The Balaban J connectivity index is 0.844. The third-order valence-corrected chi connectivity index (χ3v) is 14.0. The molecule has 0 bridgehead atoms. The molecule has 10 aromatic rings. The van der Waals surface area contributed by atoms with Crippen LogP contribution < -0.4 is 15.5 Å². The van der Waals surface area contributed by atoms with Crippen LogP contribution >= 0.6 is 0 Å². The van der Waals surface area contributed by atoms with E-state index in [1.807, 2.05) is 0 Å². The van der Waals surface area contributed by atoms with Crippen LogP contribution in [0, 0.1) is 11.8 Å². The Hall–Kier alpha value is -7.88. The van der Waals surface area contributed by atoms with E-state index in [1.165, 1.54) is 65.5 Å². The highest BCUT2D eigenvalue weighted by atomic mass is 15.1. The number of nitrogens with zero attached hydrogens (tertiary/aromatic N) is 3. The lowest BCUT2D eigenvalue weighted by Gasteiger charge is -2.26. The molecule has 0 spiro atoms. The van der Waals surface area contributed by atoms with Crippen molar-refractivity contribution < 1.29 is 0 Å². The summed E-state index contributed by atoms with van der Waals surface area (Å²) in [5.41, 5.74) is 13.5. The summed E-state index contributed by atoms with van der Waals surface area (Å²) in [6.45, 7) is 0. The molecule has 0 amide bonds. The van der Waals surface area contributed by atoms with Crippen molar-refractivity contribution in [1.29, 1.82) is 0 Å². The van der Waals surface area contributed by atoms with Gasteiger partial charge in [0, 0.05) is 55.0 Å². The summed E-state index contributed by atoms with van der Waals surface area (Å²) in [4.78, 5) is 2.37. The lowest BCUT2D eigenvalue weighted by Crippen LogP contribution is -2.36. The molecule has 0 saturated carbocycles. The molecule has 2 aliphatic carbocycles. The SMILES string of the molecule is C1=CCC(n2c3c(c4ccccc42)=CC(C(Cc2ccccc2)Cc2ccc(-c4ccc(N(c5ccccc5)c5ccc6c(c5)c5ccccc5n6-c5ccccc5)cc4)cc2)CC=3)C=C1. The zero-order chi connectivity index (χ0) is 43.8. The maximum Gasteiger partial charge on any atom is 0.0560 e. The second-order valence-corrected chi connectivity index (χ2v) is 18.0. The van der Waals surface area contributed by atoms with Gasteiger partial charge < -0.3 is 14.0 Å². The monoisotopic (exact) mass is 849 g/mol. The first-order valence-corrected chi connectivity index (χ1v) is 23.5. The molecule has 3 atom stereocenters. The molecule has 0 N–H and O–H groups in total. The van der Waals surface area contributed by atoms with Gasteiger partial charge in [-0.15, -0.1) is 0 Å². The summed E-state index contributed by atoms with van der Waals surface area (Å²) in [6.07, 6.45) is 18.3. The van der Waals surface area contributed by atoms with E-state index in [-0.39, 0.29) is 0 Å². The number of hydrogen-bond donors (Lipinski definition) is 0. The van der Waals surface area contributed by atoms with Crippen LogP contribution in [-0.2, 0) is 12.8 Å². The molecule has 12 rings (SSSR count). The molecule has 2 aliphatic rings. The standard InChI is InChI=1S/C63H51N3/c1-5-17-45(18-6-1)41-50(49-35-39-62-58(43-49)56-25-13-15-27-60(56)65(62)52-21-9-3-10-22-52)42-46-29-31-47(32-30-46)48-33-36-54(37-34-48)64(51-19-7-2-8-20-51)55-38-40-63-59(44-55)57-26-14-16-28-61(57)66(63)53-23-11-4-12-24-53/h1-21,23-34,36-40,43-44,49-50,52H,22,35,41-42H2. The molecule has 8 aromatic carbocycles. The molecule has 2 heterocycles. The Kier molecular flexibility index (Phi) is 10.4. The van der Waals surface area contributed by atoms with E-state index in [0.29, 0.717) is 17.9 Å². The summed E-state index contributed by atoms with van der Waals surface area (Å²) in [5, 5.41) is 6.63. The minimum Gasteiger partial charge on any atom is -0.333 e. The normalized spacial score (nSPS) is 15.9. The summed E-state index contributed by atoms with van der Waals surface area (Å²) in [7, 11) is 0. The van der Waals surface area contributed by atoms with Gasteiger partial charge in [0.05, 0.1) is 17.1 Å². The lowest BCUT2D eigenvalue weighted by atomic mass is 9.79. The predicted molar refractivity (Wildman–Crippen MR) is 278 cm³/mol. The molecule has 0 aliphatic heterocycles. The highest BCUT2D eigenvalue weighted by Gasteiger charge is 2.25. The van der Waals surface area contributed by atoms with Gasteiger partial charge in [-0.1, -0.05) is 176 Å². The maximum atomic E-state index is 2.62. The number of aromatic nitrogens is 2. The van der Waals surface area contributed by atoms with E-state index in [0.717, 1.165) is 48.4 Å². The van der Waals surface area contributed by atoms with Crippen LogP contribution in [0.1, 0.15) is 30.0 Å². The summed E-state index contributed by atoms with van der Waals surface area (Å²) < 4.78 is 4.96. The van der Waals surface area contributed by atoms with Crippen LogP contribution in [-0.4, -0.2) is 9.13 Å². The van der Waals surface area contributed by atoms with Crippen molar-refractivity contribution in [2.24, 2.45) is 11.8 Å². The average Bonchev–Trinajstić information content (AvgIpc) is 3.90. The molecule has 0 radical (unpaired) electrons. The molecule has 0 fully saturated rings. The first-order valence-electron chi connectivity index (χ1n) is 23.5. The van der Waals surface area contributed by atoms with E-state index in [4.69, 9.17) is 0 Å². The van der Waals surface area contributed by atoms with Gasteiger partial charge in [-0.3, -0.25) is 0 Å². The fourth-order valence-corrected chi connectivity index (χ4v) is 10.9. The Morgan fingerprint density at radius 3 is 1.80 bits per heavy atom. The number of para-hydroxylation sites is 4. The fourth-order valence-electron chi connectivity index (χ4n) is 10.9. The smallest absolute Gasteiger partial charge is 0.0560 e. The molecule has 0 saturated heterocycles. The fraction of sp³-hybridized carbons (Fsp3) is 0.111. The predicted octanol–water partition coefficient (Wildman–Crippen LogP) is 14.6. The summed E-state index contributed by atoms with van der Waals surface area (Å²) in [5.74, 6) is 0.890. The Labute approximate surface area is 386 Å². The van der Waals surface area contributed by atoms with E-state index < -0.39 is 0 Å². The van der Waals surface area contributed by atoms with Crippen molar-refractivity contribution in [3.63, 3.8) is 0 Å². The van der Waals surface area contributed by atoms with Crippen molar-refractivity contribution in [2.75, 3.05) is 4.90 Å². The van der Waals surface area contributed by atoms with Crippen LogP contribution in [0.3, 0.4) is 0 Å². The van der Waals surface area contributed by atoms with Crippen LogP contribution in [0.15, 0.2) is 231 Å². The largest absolute Gasteiger partial charge is 0.333 e. The third-order valence-electron chi connectivity index (χ3n) is 14.0. The van der Waals surface area contributed by atoms with Gasteiger partial charge in [0.25, 0.3) is 0 Å². The summed E-state index contributed by atoms with van der Waals surface area (Å²) in [6, 6.07) is 76.0. The number of benzene rings is 8. The molecule has 3 nitrogen and oxygen atoms in total. The quantitative estimate of drug-likeness (QED) is 0.126. The van der Waals surface area contributed by atoms with Gasteiger partial charge in [-0.25, -0.2) is 0 Å². The Morgan fingerprint density at radius 1 is 0.485 bits per heavy atom. The van der Waals surface area contributed by atoms with Crippen molar-refractivity contribution in [1.82, 2.24) is 9.13 Å². The lowest BCUT2D eigenvalue weighted by molar-refractivity contribution is 0.412. The van der Waals surface area contributed by atoms with Crippen LogP contribution in [0.2, 0.25) is 0 Å². The first kappa shape index (κ1) is 39.7. The van der Waals surface area contributed by atoms with Crippen molar-refractivity contribution in [3.05, 3.63) is 252 Å². The van der Waals surface area contributed by atoms with Gasteiger partial charge in [0.2, 0.25) is 0 Å². The average molecular weight is 850 g/mol. The van der Waals surface area contributed by atoms with Crippen molar-refractivity contribution in [3.8, 4) is 16.8 Å². The third kappa shape index (κ3) is 7.37. The zero-order valence-electron chi connectivity index (χ0n) is 37.0. The highest BCUT2D eigenvalue weighted by Crippen LogP contribution is 2.40. The van der Waals surface area contributed by atoms with Crippen molar-refractivity contribution in [2.45, 2.75) is 31.7 Å². The van der Waals surface area contributed by atoms with E-state index in [1.54, 1.807) is 0 Å². The number of fused-ring (bicyclic) bond motifs is 6. The van der Waals surface area contributed by atoms with Gasteiger partial charge >= 0.3 is 0 Å². The minimum atomic E-state index is 0.345. The molecule has 3 unspecified atom stereocenters. The highest BCUT2D eigenvalue weighted by molar-refractivity contribution is 6.10. The summed E-state index contributed by atoms with van der Waals surface area (Å²) >= 11 is 0. The van der Waals surface area contributed by atoms with E-state index in [9.17, 15) is 0 Å². The number of hydrogen-bond acceptors (Lipinski definition) is 1. The van der Waals surface area contributed by atoms with E-state index >= 15 is 0 Å².